The SMILES string of the molecule is CCC(=O)c1ccc(OCC(O)CN2CCC(c3c(C)[nH]c4ccccc34)CC2)cc1. The van der Waals surface area contributed by atoms with Crippen molar-refractivity contribution in [3.63, 3.8) is 0 Å². The first-order chi connectivity index (χ1) is 15.0. The second-order valence-electron chi connectivity index (χ2n) is 8.55. The molecule has 3 aromatic rings. The lowest BCUT2D eigenvalue weighted by molar-refractivity contribution is 0.0594. The number of aromatic nitrogens is 1. The Morgan fingerprint density at radius 3 is 2.58 bits per heavy atom. The van der Waals surface area contributed by atoms with E-state index < -0.39 is 6.10 Å². The van der Waals surface area contributed by atoms with E-state index in [1.807, 2.05) is 6.92 Å². The molecule has 0 bridgehead atoms. The van der Waals surface area contributed by atoms with Gasteiger partial charge in [-0.3, -0.25) is 4.79 Å². The lowest BCUT2D eigenvalue weighted by Crippen LogP contribution is -2.40. The van der Waals surface area contributed by atoms with Crippen LogP contribution in [-0.4, -0.2) is 53.1 Å². The van der Waals surface area contributed by atoms with Crippen molar-refractivity contribution in [1.29, 1.82) is 0 Å². The molecule has 0 saturated carbocycles. The number of fused-ring (bicyclic) bond motifs is 1. The molecule has 164 valence electrons. The van der Waals surface area contributed by atoms with Gasteiger partial charge in [-0.25, -0.2) is 0 Å². The summed E-state index contributed by atoms with van der Waals surface area (Å²) in [5.41, 5.74) is 4.66. The maximum absolute atomic E-state index is 11.7. The fourth-order valence-electron chi connectivity index (χ4n) is 4.71. The van der Waals surface area contributed by atoms with Gasteiger partial charge in [0.05, 0.1) is 0 Å². The van der Waals surface area contributed by atoms with Crippen molar-refractivity contribution in [2.45, 2.75) is 45.1 Å². The molecule has 1 aromatic heterocycles. The number of rotatable bonds is 8. The number of benzene rings is 2. The quantitative estimate of drug-likeness (QED) is 0.519. The van der Waals surface area contributed by atoms with Crippen molar-refractivity contribution in [3.05, 3.63) is 65.4 Å². The lowest BCUT2D eigenvalue weighted by Gasteiger charge is -2.33. The smallest absolute Gasteiger partial charge is 0.162 e. The van der Waals surface area contributed by atoms with E-state index in [2.05, 4.69) is 41.1 Å². The van der Waals surface area contributed by atoms with E-state index in [4.69, 9.17) is 4.74 Å². The molecule has 1 aliphatic heterocycles. The number of ether oxygens (including phenoxy) is 1. The number of carbonyl (C=O) groups excluding carboxylic acids is 1. The zero-order chi connectivity index (χ0) is 21.8. The Morgan fingerprint density at radius 2 is 1.87 bits per heavy atom. The zero-order valence-corrected chi connectivity index (χ0v) is 18.4. The number of H-pyrrole nitrogens is 1. The van der Waals surface area contributed by atoms with Crippen LogP contribution >= 0.6 is 0 Å². The summed E-state index contributed by atoms with van der Waals surface area (Å²) >= 11 is 0. The van der Waals surface area contributed by atoms with E-state index in [1.165, 1.54) is 22.2 Å². The Kier molecular flexibility index (Phi) is 6.73. The summed E-state index contributed by atoms with van der Waals surface area (Å²) in [6, 6.07) is 15.7. The first-order valence-electron chi connectivity index (χ1n) is 11.3. The standard InChI is InChI=1S/C26H32N2O3/c1-3-25(30)19-8-10-22(11-9-19)31-17-21(29)16-28-14-12-20(13-15-28)26-18(2)27-24-7-5-4-6-23(24)26/h4-11,20-21,27,29H,3,12-17H2,1-2H3. The van der Waals surface area contributed by atoms with Crippen LogP contribution in [0.2, 0.25) is 0 Å². The van der Waals surface area contributed by atoms with Gasteiger partial charge in [0, 0.05) is 35.1 Å². The number of aromatic amines is 1. The summed E-state index contributed by atoms with van der Waals surface area (Å²) in [5, 5.41) is 11.8. The average Bonchev–Trinajstić information content (AvgIpc) is 3.13. The molecule has 2 heterocycles. The Labute approximate surface area is 184 Å². The van der Waals surface area contributed by atoms with Gasteiger partial charge >= 0.3 is 0 Å². The van der Waals surface area contributed by atoms with Crippen LogP contribution in [-0.2, 0) is 0 Å². The monoisotopic (exact) mass is 420 g/mol. The number of piperidine rings is 1. The number of carbonyl (C=O) groups is 1. The number of Topliss-reactive ketones (excluding diaryl/α,β-unsaturated/α-hetero) is 1. The third kappa shape index (κ3) is 5.00. The van der Waals surface area contributed by atoms with Gasteiger partial charge in [-0.1, -0.05) is 25.1 Å². The molecule has 2 aromatic carbocycles. The predicted octanol–water partition coefficient (Wildman–Crippen LogP) is 4.69. The van der Waals surface area contributed by atoms with Crippen LogP contribution in [0.5, 0.6) is 5.75 Å². The number of aliphatic hydroxyl groups is 1. The number of aryl methyl sites for hydroxylation is 1. The van der Waals surface area contributed by atoms with Gasteiger partial charge in [-0.15, -0.1) is 0 Å². The molecule has 31 heavy (non-hydrogen) atoms. The number of para-hydroxylation sites is 1. The summed E-state index contributed by atoms with van der Waals surface area (Å²) in [4.78, 5) is 17.6. The van der Waals surface area contributed by atoms with Crippen LogP contribution in [0.15, 0.2) is 48.5 Å². The van der Waals surface area contributed by atoms with Gasteiger partial charge in [-0.2, -0.15) is 0 Å². The topological polar surface area (TPSA) is 65.6 Å². The number of hydrogen-bond donors (Lipinski definition) is 2. The van der Waals surface area contributed by atoms with Crippen molar-refractivity contribution in [1.82, 2.24) is 9.88 Å². The van der Waals surface area contributed by atoms with Gasteiger partial charge in [0.25, 0.3) is 0 Å². The molecule has 0 spiro atoms. The van der Waals surface area contributed by atoms with Gasteiger partial charge in [0.1, 0.15) is 18.5 Å². The van der Waals surface area contributed by atoms with Gasteiger partial charge in [0.15, 0.2) is 5.78 Å². The van der Waals surface area contributed by atoms with Crippen molar-refractivity contribution in [2.24, 2.45) is 0 Å². The predicted molar refractivity (Wildman–Crippen MR) is 124 cm³/mol. The van der Waals surface area contributed by atoms with Gasteiger partial charge < -0.3 is 19.7 Å². The largest absolute Gasteiger partial charge is 0.491 e. The molecule has 1 saturated heterocycles. The zero-order valence-electron chi connectivity index (χ0n) is 18.4. The molecule has 2 N–H and O–H groups in total. The minimum atomic E-state index is -0.539. The van der Waals surface area contributed by atoms with E-state index in [0.717, 1.165) is 25.9 Å². The molecule has 1 atom stereocenters. The van der Waals surface area contributed by atoms with Crippen molar-refractivity contribution in [3.8, 4) is 5.75 Å². The second-order valence-corrected chi connectivity index (χ2v) is 8.55. The highest BCUT2D eigenvalue weighted by atomic mass is 16.5. The number of β-amino-alcohol motifs (C(OH)–C–C–N with tert-alkyl or cyclic N) is 1. The molecule has 0 aliphatic carbocycles. The minimum absolute atomic E-state index is 0.123. The fourth-order valence-corrected chi connectivity index (χ4v) is 4.71. The van der Waals surface area contributed by atoms with Gasteiger partial charge in [-0.05, 0) is 74.7 Å². The van der Waals surface area contributed by atoms with E-state index in [9.17, 15) is 9.90 Å². The highest BCUT2D eigenvalue weighted by molar-refractivity contribution is 5.95. The molecule has 4 rings (SSSR count). The minimum Gasteiger partial charge on any atom is -0.491 e. The first kappa shape index (κ1) is 21.6. The third-order valence-corrected chi connectivity index (χ3v) is 6.35. The van der Waals surface area contributed by atoms with E-state index in [-0.39, 0.29) is 12.4 Å². The summed E-state index contributed by atoms with van der Waals surface area (Å²) in [6.45, 7) is 6.86. The molecule has 1 fully saturated rings. The summed E-state index contributed by atoms with van der Waals surface area (Å²) in [5.74, 6) is 1.36. The Balaban J connectivity index is 1.26. The van der Waals surface area contributed by atoms with Crippen molar-refractivity contribution in [2.75, 3.05) is 26.2 Å². The number of likely N-dealkylation sites (tertiary alicyclic amines) is 1. The van der Waals surface area contributed by atoms with Gasteiger partial charge in [0.2, 0.25) is 0 Å². The highest BCUT2D eigenvalue weighted by Gasteiger charge is 2.25. The Hall–Kier alpha value is -2.63. The number of hydrogen-bond acceptors (Lipinski definition) is 4. The van der Waals surface area contributed by atoms with Crippen molar-refractivity contribution >= 4 is 16.7 Å². The van der Waals surface area contributed by atoms with E-state index >= 15 is 0 Å². The Morgan fingerprint density at radius 1 is 1.16 bits per heavy atom. The molecule has 5 heteroatoms. The Bertz CT molecular complexity index is 1020. The lowest BCUT2D eigenvalue weighted by atomic mass is 9.87. The number of aliphatic hydroxyl groups excluding tert-OH is 1. The molecular weight excluding hydrogens is 388 g/mol. The van der Waals surface area contributed by atoms with E-state index in [1.54, 1.807) is 24.3 Å². The number of nitrogens with zero attached hydrogens (tertiary/aromatic N) is 1. The van der Waals surface area contributed by atoms with Crippen LogP contribution in [0.25, 0.3) is 10.9 Å². The van der Waals surface area contributed by atoms with Crippen LogP contribution < -0.4 is 4.74 Å². The molecule has 5 nitrogen and oxygen atoms in total. The normalized spacial score (nSPS) is 16.5. The molecule has 1 aliphatic rings. The maximum atomic E-state index is 11.7. The fraction of sp³-hybridized carbons (Fsp3) is 0.423. The van der Waals surface area contributed by atoms with Crippen LogP contribution in [0.3, 0.4) is 0 Å². The third-order valence-electron chi connectivity index (χ3n) is 6.35. The molecule has 1 unspecified atom stereocenters. The highest BCUT2D eigenvalue weighted by Crippen LogP contribution is 2.35. The van der Waals surface area contributed by atoms with Crippen LogP contribution in [0, 0.1) is 6.92 Å². The maximum Gasteiger partial charge on any atom is 0.162 e. The average molecular weight is 421 g/mol. The molecule has 0 amide bonds. The first-order valence-corrected chi connectivity index (χ1v) is 11.3. The van der Waals surface area contributed by atoms with E-state index in [0.29, 0.717) is 30.2 Å². The summed E-state index contributed by atoms with van der Waals surface area (Å²) in [6.07, 6.45) is 2.16. The van der Waals surface area contributed by atoms with Crippen LogP contribution in [0.4, 0.5) is 0 Å². The summed E-state index contributed by atoms with van der Waals surface area (Å²) in [7, 11) is 0. The van der Waals surface area contributed by atoms with Crippen LogP contribution in [0.1, 0.15) is 53.7 Å². The molecule has 0 radical (unpaired) electrons. The number of ketones is 1. The second kappa shape index (κ2) is 9.67. The number of nitrogens with one attached hydrogen (secondary N) is 1. The summed E-state index contributed by atoms with van der Waals surface area (Å²) < 4.78 is 5.73. The van der Waals surface area contributed by atoms with Crippen molar-refractivity contribution < 1.29 is 14.6 Å². The molecular formula is C26H32N2O3.